The standard InChI is InChI=1S/C19H23F3N4O/c20-19(21,22)14-8-13(9-24-17(14)23)15-10-26(7-6-11-2-1-3-11)18(25-15)16(27)12-4-5-12/h8-12,16,27H,1-7H2,(H2,23,24)/t16-/m0/s1. The Balaban J connectivity index is 1.66. The number of aromatic nitrogens is 3. The Kier molecular flexibility index (Phi) is 4.61. The van der Waals surface area contributed by atoms with Crippen molar-refractivity contribution in [2.45, 2.75) is 57.3 Å². The summed E-state index contributed by atoms with van der Waals surface area (Å²) in [6.07, 6.45) is 4.38. The van der Waals surface area contributed by atoms with Gasteiger partial charge in [-0.25, -0.2) is 9.97 Å². The summed E-state index contributed by atoms with van der Waals surface area (Å²) in [5.41, 5.74) is 5.06. The minimum atomic E-state index is -4.57. The fourth-order valence-corrected chi connectivity index (χ4v) is 3.55. The first-order chi connectivity index (χ1) is 12.8. The van der Waals surface area contributed by atoms with Crippen LogP contribution in [0.3, 0.4) is 0 Å². The van der Waals surface area contributed by atoms with Gasteiger partial charge in [0.2, 0.25) is 0 Å². The van der Waals surface area contributed by atoms with Crippen LogP contribution in [0.4, 0.5) is 19.0 Å². The molecular formula is C19H23F3N4O. The molecule has 4 rings (SSSR count). The van der Waals surface area contributed by atoms with E-state index < -0.39 is 23.7 Å². The van der Waals surface area contributed by atoms with Crippen molar-refractivity contribution in [3.8, 4) is 11.3 Å². The number of nitrogen functional groups attached to an aromatic ring is 1. The maximum atomic E-state index is 13.1. The predicted molar refractivity (Wildman–Crippen MR) is 94.5 cm³/mol. The van der Waals surface area contributed by atoms with Crippen LogP contribution in [0.1, 0.15) is 56.0 Å². The van der Waals surface area contributed by atoms with Crippen LogP contribution in [0.15, 0.2) is 18.5 Å². The van der Waals surface area contributed by atoms with E-state index in [1.165, 1.54) is 25.5 Å². The molecule has 2 aliphatic carbocycles. The summed E-state index contributed by atoms with van der Waals surface area (Å²) in [4.78, 5) is 8.18. The monoisotopic (exact) mass is 380 g/mol. The lowest BCUT2D eigenvalue weighted by Crippen LogP contribution is -2.16. The van der Waals surface area contributed by atoms with Crippen molar-refractivity contribution < 1.29 is 18.3 Å². The van der Waals surface area contributed by atoms with Crippen LogP contribution in [-0.4, -0.2) is 19.6 Å². The van der Waals surface area contributed by atoms with Crippen LogP contribution >= 0.6 is 0 Å². The minimum absolute atomic E-state index is 0.193. The molecule has 0 spiro atoms. The molecule has 3 N–H and O–H groups in total. The van der Waals surface area contributed by atoms with Gasteiger partial charge in [-0.3, -0.25) is 0 Å². The fourth-order valence-electron chi connectivity index (χ4n) is 3.55. The lowest BCUT2D eigenvalue weighted by molar-refractivity contribution is -0.137. The molecule has 0 aliphatic heterocycles. The second-order valence-corrected chi connectivity index (χ2v) is 7.70. The van der Waals surface area contributed by atoms with Crippen LogP contribution in [0, 0.1) is 11.8 Å². The number of nitrogens with two attached hydrogens (primary N) is 1. The van der Waals surface area contributed by atoms with Gasteiger partial charge in [-0.1, -0.05) is 19.3 Å². The Morgan fingerprint density at radius 2 is 2.00 bits per heavy atom. The van der Waals surface area contributed by atoms with Crippen molar-refractivity contribution in [3.63, 3.8) is 0 Å². The smallest absolute Gasteiger partial charge is 0.385 e. The third-order valence-corrected chi connectivity index (χ3v) is 5.66. The predicted octanol–water partition coefficient (Wildman–Crippen LogP) is 4.18. The Morgan fingerprint density at radius 1 is 1.26 bits per heavy atom. The zero-order valence-electron chi connectivity index (χ0n) is 14.9. The third-order valence-electron chi connectivity index (χ3n) is 5.66. The summed E-state index contributed by atoms with van der Waals surface area (Å²) in [7, 11) is 0. The van der Waals surface area contributed by atoms with Crippen molar-refractivity contribution in [2.24, 2.45) is 11.8 Å². The van der Waals surface area contributed by atoms with E-state index in [9.17, 15) is 18.3 Å². The molecule has 27 heavy (non-hydrogen) atoms. The summed E-state index contributed by atoms with van der Waals surface area (Å²) >= 11 is 0. The molecule has 2 heterocycles. The Bertz CT molecular complexity index is 825. The van der Waals surface area contributed by atoms with Crippen LogP contribution < -0.4 is 5.73 Å². The van der Waals surface area contributed by atoms with Gasteiger partial charge in [0.1, 0.15) is 17.7 Å². The first-order valence-corrected chi connectivity index (χ1v) is 9.41. The number of rotatable bonds is 6. The van der Waals surface area contributed by atoms with E-state index in [-0.39, 0.29) is 11.5 Å². The number of alkyl halides is 3. The molecule has 0 amide bonds. The number of imidazole rings is 1. The van der Waals surface area contributed by atoms with E-state index in [1.807, 2.05) is 4.57 Å². The second-order valence-electron chi connectivity index (χ2n) is 7.70. The van der Waals surface area contributed by atoms with Crippen LogP contribution in [0.2, 0.25) is 0 Å². The average molecular weight is 380 g/mol. The van der Waals surface area contributed by atoms with E-state index in [0.29, 0.717) is 24.0 Å². The molecule has 146 valence electrons. The first kappa shape index (κ1) is 18.3. The quantitative estimate of drug-likeness (QED) is 0.788. The van der Waals surface area contributed by atoms with E-state index in [1.54, 1.807) is 6.20 Å². The van der Waals surface area contributed by atoms with Crippen molar-refractivity contribution in [3.05, 3.63) is 29.8 Å². The van der Waals surface area contributed by atoms with Gasteiger partial charge < -0.3 is 15.4 Å². The largest absolute Gasteiger partial charge is 0.419 e. The lowest BCUT2D eigenvalue weighted by Gasteiger charge is -2.25. The van der Waals surface area contributed by atoms with Gasteiger partial charge in [0.15, 0.2) is 0 Å². The highest BCUT2D eigenvalue weighted by Crippen LogP contribution is 2.42. The van der Waals surface area contributed by atoms with Gasteiger partial charge in [0, 0.05) is 24.5 Å². The number of hydrogen-bond acceptors (Lipinski definition) is 4. The molecule has 2 saturated carbocycles. The Hall–Kier alpha value is -2.09. The van der Waals surface area contributed by atoms with Crippen molar-refractivity contribution in [2.75, 3.05) is 5.73 Å². The van der Waals surface area contributed by atoms with Gasteiger partial charge in [0.05, 0.1) is 11.3 Å². The number of aliphatic hydroxyl groups is 1. The number of pyridine rings is 1. The molecule has 2 fully saturated rings. The van der Waals surface area contributed by atoms with E-state index in [0.717, 1.165) is 25.3 Å². The average Bonchev–Trinajstić information content (AvgIpc) is 3.33. The number of halogens is 3. The molecule has 0 saturated heterocycles. The van der Waals surface area contributed by atoms with Crippen LogP contribution in [0.25, 0.3) is 11.3 Å². The highest BCUT2D eigenvalue weighted by molar-refractivity contribution is 5.62. The molecule has 8 heteroatoms. The molecule has 0 radical (unpaired) electrons. The van der Waals surface area contributed by atoms with E-state index in [4.69, 9.17) is 5.73 Å². The molecule has 2 aliphatic rings. The van der Waals surface area contributed by atoms with Crippen molar-refractivity contribution in [1.82, 2.24) is 14.5 Å². The molecule has 2 aromatic heterocycles. The zero-order valence-corrected chi connectivity index (χ0v) is 14.9. The normalized spacial score (nSPS) is 19.1. The van der Waals surface area contributed by atoms with E-state index in [2.05, 4.69) is 9.97 Å². The highest BCUT2D eigenvalue weighted by atomic mass is 19.4. The number of hydrogen-bond donors (Lipinski definition) is 2. The van der Waals surface area contributed by atoms with E-state index >= 15 is 0 Å². The van der Waals surface area contributed by atoms with Gasteiger partial charge >= 0.3 is 6.18 Å². The Labute approximate surface area is 155 Å². The summed E-state index contributed by atoms with van der Waals surface area (Å²) in [6.45, 7) is 0.714. The third kappa shape index (κ3) is 3.81. The number of anilines is 1. The van der Waals surface area contributed by atoms with Crippen molar-refractivity contribution in [1.29, 1.82) is 0 Å². The van der Waals surface area contributed by atoms with Crippen LogP contribution in [-0.2, 0) is 12.7 Å². The molecule has 0 unspecified atom stereocenters. The van der Waals surface area contributed by atoms with Gasteiger partial charge in [-0.2, -0.15) is 13.2 Å². The summed E-state index contributed by atoms with van der Waals surface area (Å²) in [5, 5.41) is 10.6. The lowest BCUT2D eigenvalue weighted by atomic mass is 9.83. The topological polar surface area (TPSA) is 77.0 Å². The zero-order chi connectivity index (χ0) is 19.2. The van der Waals surface area contributed by atoms with Gasteiger partial charge in [0.25, 0.3) is 0 Å². The van der Waals surface area contributed by atoms with Crippen molar-refractivity contribution >= 4 is 5.82 Å². The molecule has 5 nitrogen and oxygen atoms in total. The number of nitrogens with zero attached hydrogens (tertiary/aromatic N) is 3. The number of aryl methyl sites for hydroxylation is 1. The van der Waals surface area contributed by atoms with Crippen LogP contribution in [0.5, 0.6) is 0 Å². The SMILES string of the molecule is Nc1ncc(-c2cn(CCC3CCC3)c([C@@H](O)C3CC3)n2)cc1C(F)(F)F. The molecule has 0 bridgehead atoms. The molecule has 2 aromatic rings. The molecule has 1 atom stereocenters. The summed E-state index contributed by atoms with van der Waals surface area (Å²) < 4.78 is 41.3. The second kappa shape index (κ2) is 6.82. The maximum Gasteiger partial charge on any atom is 0.419 e. The number of aliphatic hydroxyl groups excluding tert-OH is 1. The fraction of sp³-hybridized carbons (Fsp3) is 0.579. The Morgan fingerprint density at radius 3 is 2.59 bits per heavy atom. The summed E-state index contributed by atoms with van der Waals surface area (Å²) in [6, 6.07) is 0.980. The highest BCUT2D eigenvalue weighted by Gasteiger charge is 2.36. The molecule has 0 aromatic carbocycles. The first-order valence-electron chi connectivity index (χ1n) is 9.41. The molecular weight excluding hydrogens is 357 g/mol. The van der Waals surface area contributed by atoms with Gasteiger partial charge in [-0.15, -0.1) is 0 Å². The van der Waals surface area contributed by atoms with Gasteiger partial charge in [-0.05, 0) is 37.2 Å². The minimum Gasteiger partial charge on any atom is -0.385 e. The maximum absolute atomic E-state index is 13.1. The summed E-state index contributed by atoms with van der Waals surface area (Å²) in [5.74, 6) is 0.876.